The number of hydrogen-bond donors (Lipinski definition) is 0. The van der Waals surface area contributed by atoms with E-state index in [9.17, 15) is 4.79 Å². The molecule has 0 saturated heterocycles. The van der Waals surface area contributed by atoms with Crippen molar-refractivity contribution in [3.8, 4) is 0 Å². The van der Waals surface area contributed by atoms with Crippen LogP contribution in [0.25, 0.3) is 0 Å². The number of hydrogen-bond acceptors (Lipinski definition) is 2. The van der Waals surface area contributed by atoms with E-state index in [0.29, 0.717) is 6.42 Å². The van der Waals surface area contributed by atoms with Crippen molar-refractivity contribution in [3.63, 3.8) is 0 Å². The number of ether oxygens (including phenoxy) is 1. The maximum atomic E-state index is 11.6. The van der Waals surface area contributed by atoms with E-state index in [2.05, 4.69) is 13.5 Å². The Morgan fingerprint density at radius 1 is 1.40 bits per heavy atom. The molecule has 15 heavy (non-hydrogen) atoms. The maximum absolute atomic E-state index is 11.6. The summed E-state index contributed by atoms with van der Waals surface area (Å²) >= 11 is 0. The van der Waals surface area contributed by atoms with E-state index in [1.54, 1.807) is 6.08 Å². The van der Waals surface area contributed by atoms with Crippen molar-refractivity contribution in [1.29, 1.82) is 0 Å². The number of rotatable bonds is 5. The van der Waals surface area contributed by atoms with Gasteiger partial charge in [0.15, 0.2) is 0 Å². The van der Waals surface area contributed by atoms with Crippen LogP contribution in [0.15, 0.2) is 12.7 Å². The normalized spacial score (nSPS) is 19.5. The summed E-state index contributed by atoms with van der Waals surface area (Å²) in [6.07, 6.45) is 9.68. The van der Waals surface area contributed by atoms with Crippen molar-refractivity contribution in [2.75, 3.05) is 0 Å². The Hall–Kier alpha value is -0.790. The minimum absolute atomic E-state index is 0.0568. The zero-order valence-corrected chi connectivity index (χ0v) is 9.76. The SMILES string of the molecule is C=CCCC(=O)OC1(CC)CCCCC1. The van der Waals surface area contributed by atoms with Crippen LogP contribution in [0.3, 0.4) is 0 Å². The highest BCUT2D eigenvalue weighted by Gasteiger charge is 2.33. The summed E-state index contributed by atoms with van der Waals surface area (Å²) in [6, 6.07) is 0. The van der Waals surface area contributed by atoms with Crippen LogP contribution >= 0.6 is 0 Å². The summed E-state index contributed by atoms with van der Waals surface area (Å²) in [4.78, 5) is 11.6. The molecule has 0 bridgehead atoms. The van der Waals surface area contributed by atoms with Gasteiger partial charge in [-0.2, -0.15) is 0 Å². The van der Waals surface area contributed by atoms with E-state index >= 15 is 0 Å². The van der Waals surface area contributed by atoms with E-state index < -0.39 is 0 Å². The van der Waals surface area contributed by atoms with Crippen molar-refractivity contribution in [2.45, 2.75) is 63.9 Å². The molecule has 0 heterocycles. The minimum atomic E-state index is -0.142. The number of allylic oxidation sites excluding steroid dienone is 1. The fourth-order valence-corrected chi connectivity index (χ4v) is 2.24. The van der Waals surface area contributed by atoms with Crippen molar-refractivity contribution < 1.29 is 9.53 Å². The van der Waals surface area contributed by atoms with Crippen LogP contribution < -0.4 is 0 Å². The quantitative estimate of drug-likeness (QED) is 0.512. The predicted octanol–water partition coefficient (Wildman–Crippen LogP) is 3.61. The Labute approximate surface area is 92.7 Å². The molecule has 0 aromatic heterocycles. The molecule has 0 aromatic carbocycles. The molecule has 0 atom stereocenters. The monoisotopic (exact) mass is 210 g/mol. The van der Waals surface area contributed by atoms with Gasteiger partial charge in [-0.3, -0.25) is 4.79 Å². The fraction of sp³-hybridized carbons (Fsp3) is 0.769. The third kappa shape index (κ3) is 3.69. The van der Waals surface area contributed by atoms with Gasteiger partial charge in [0, 0.05) is 6.42 Å². The highest BCUT2D eigenvalue weighted by molar-refractivity contribution is 5.70. The molecule has 0 spiro atoms. The molecule has 2 heteroatoms. The zero-order chi connectivity index (χ0) is 11.1. The van der Waals surface area contributed by atoms with Gasteiger partial charge in [-0.25, -0.2) is 0 Å². The Kier molecular flexibility index (Phi) is 4.86. The summed E-state index contributed by atoms with van der Waals surface area (Å²) in [7, 11) is 0. The van der Waals surface area contributed by atoms with E-state index in [0.717, 1.165) is 25.7 Å². The number of esters is 1. The van der Waals surface area contributed by atoms with Gasteiger partial charge in [0.05, 0.1) is 0 Å². The summed E-state index contributed by atoms with van der Waals surface area (Å²) in [5.41, 5.74) is -0.142. The topological polar surface area (TPSA) is 26.3 Å². The Balaban J connectivity index is 2.43. The molecule has 1 fully saturated rings. The average molecular weight is 210 g/mol. The molecule has 86 valence electrons. The van der Waals surface area contributed by atoms with Gasteiger partial charge in [0.25, 0.3) is 0 Å². The fourth-order valence-electron chi connectivity index (χ4n) is 2.24. The smallest absolute Gasteiger partial charge is 0.306 e. The standard InChI is InChI=1S/C13H22O2/c1-3-5-9-12(14)15-13(4-2)10-7-6-8-11-13/h3H,1,4-11H2,2H3. The van der Waals surface area contributed by atoms with Crippen LogP contribution in [0.4, 0.5) is 0 Å². The third-order valence-corrected chi connectivity index (χ3v) is 3.29. The second-order valence-corrected chi connectivity index (χ2v) is 4.40. The van der Waals surface area contributed by atoms with Crippen molar-refractivity contribution in [3.05, 3.63) is 12.7 Å². The predicted molar refractivity (Wildman–Crippen MR) is 61.6 cm³/mol. The van der Waals surface area contributed by atoms with Gasteiger partial charge >= 0.3 is 5.97 Å². The Morgan fingerprint density at radius 3 is 2.60 bits per heavy atom. The molecule has 1 saturated carbocycles. The van der Waals surface area contributed by atoms with Crippen molar-refractivity contribution >= 4 is 5.97 Å². The van der Waals surface area contributed by atoms with Crippen LogP contribution in [0.2, 0.25) is 0 Å². The molecular weight excluding hydrogens is 188 g/mol. The largest absolute Gasteiger partial charge is 0.459 e. The highest BCUT2D eigenvalue weighted by Crippen LogP contribution is 2.34. The molecule has 1 aliphatic carbocycles. The van der Waals surface area contributed by atoms with E-state index in [1.165, 1.54) is 19.3 Å². The summed E-state index contributed by atoms with van der Waals surface area (Å²) in [5, 5.41) is 0. The van der Waals surface area contributed by atoms with Crippen molar-refractivity contribution in [2.24, 2.45) is 0 Å². The Bertz CT molecular complexity index is 215. The second kappa shape index (κ2) is 5.94. The highest BCUT2D eigenvalue weighted by atomic mass is 16.6. The zero-order valence-electron chi connectivity index (χ0n) is 9.76. The molecule has 1 aliphatic rings. The van der Waals surface area contributed by atoms with Gasteiger partial charge in [-0.05, 0) is 38.5 Å². The number of carbonyl (C=O) groups is 1. The van der Waals surface area contributed by atoms with Crippen LogP contribution in [-0.4, -0.2) is 11.6 Å². The lowest BCUT2D eigenvalue weighted by Gasteiger charge is -2.36. The first-order chi connectivity index (χ1) is 7.22. The van der Waals surface area contributed by atoms with Crippen LogP contribution in [0.1, 0.15) is 58.3 Å². The molecule has 1 rings (SSSR count). The molecule has 0 aliphatic heterocycles. The second-order valence-electron chi connectivity index (χ2n) is 4.40. The summed E-state index contributed by atoms with van der Waals surface area (Å²) in [6.45, 7) is 5.73. The summed E-state index contributed by atoms with van der Waals surface area (Å²) < 4.78 is 5.64. The van der Waals surface area contributed by atoms with Crippen molar-refractivity contribution in [1.82, 2.24) is 0 Å². The van der Waals surface area contributed by atoms with E-state index in [4.69, 9.17) is 4.74 Å². The van der Waals surface area contributed by atoms with E-state index in [1.807, 2.05) is 0 Å². The third-order valence-electron chi connectivity index (χ3n) is 3.29. The van der Waals surface area contributed by atoms with Crippen LogP contribution in [-0.2, 0) is 9.53 Å². The maximum Gasteiger partial charge on any atom is 0.306 e. The molecule has 0 aromatic rings. The van der Waals surface area contributed by atoms with Gasteiger partial charge in [0.1, 0.15) is 5.60 Å². The molecule has 0 radical (unpaired) electrons. The van der Waals surface area contributed by atoms with Gasteiger partial charge in [0.2, 0.25) is 0 Å². The lowest BCUT2D eigenvalue weighted by Crippen LogP contribution is -2.36. The van der Waals surface area contributed by atoms with Crippen LogP contribution in [0, 0.1) is 0 Å². The van der Waals surface area contributed by atoms with Gasteiger partial charge in [-0.1, -0.05) is 19.4 Å². The van der Waals surface area contributed by atoms with E-state index in [-0.39, 0.29) is 11.6 Å². The molecule has 0 amide bonds. The molecule has 0 unspecified atom stereocenters. The lowest BCUT2D eigenvalue weighted by molar-refractivity contribution is -0.163. The first kappa shape index (κ1) is 12.3. The first-order valence-electron chi connectivity index (χ1n) is 6.05. The van der Waals surface area contributed by atoms with Gasteiger partial charge in [-0.15, -0.1) is 6.58 Å². The molecular formula is C13H22O2. The molecule has 2 nitrogen and oxygen atoms in total. The summed E-state index contributed by atoms with van der Waals surface area (Å²) in [5.74, 6) is -0.0568. The Morgan fingerprint density at radius 2 is 2.07 bits per heavy atom. The number of carbonyl (C=O) groups excluding carboxylic acids is 1. The molecule has 0 N–H and O–H groups in total. The van der Waals surface area contributed by atoms with Gasteiger partial charge < -0.3 is 4.74 Å². The first-order valence-corrected chi connectivity index (χ1v) is 6.05. The lowest BCUT2D eigenvalue weighted by atomic mass is 9.83. The van der Waals surface area contributed by atoms with Crippen LogP contribution in [0.5, 0.6) is 0 Å². The average Bonchev–Trinajstić information content (AvgIpc) is 2.27. The minimum Gasteiger partial charge on any atom is -0.459 e.